The topological polar surface area (TPSA) is 67.6 Å². The first kappa shape index (κ1) is 17.5. The van der Waals surface area contributed by atoms with Gasteiger partial charge in [0.15, 0.2) is 0 Å². The molecule has 0 aliphatic rings. The van der Waals surface area contributed by atoms with E-state index >= 15 is 0 Å². The lowest BCUT2D eigenvalue weighted by molar-refractivity contribution is -0.116. The summed E-state index contributed by atoms with van der Waals surface area (Å²) in [5.41, 5.74) is 7.57. The van der Waals surface area contributed by atoms with Gasteiger partial charge in [-0.1, -0.05) is 26.0 Å². The molecular formula is C16H27N3O2. The number of carbonyl (C=O) groups is 1. The van der Waals surface area contributed by atoms with Crippen molar-refractivity contribution in [2.75, 3.05) is 38.3 Å². The lowest BCUT2D eigenvalue weighted by Crippen LogP contribution is -2.36. The molecule has 0 bridgehead atoms. The molecule has 1 amide bonds. The van der Waals surface area contributed by atoms with Crippen LogP contribution < -0.4 is 16.0 Å². The summed E-state index contributed by atoms with van der Waals surface area (Å²) < 4.78 is 4.99. The Morgan fingerprint density at radius 2 is 2.00 bits per heavy atom. The van der Waals surface area contributed by atoms with Crippen LogP contribution in [0, 0.1) is 5.92 Å². The molecule has 1 rings (SSSR count). The molecule has 118 valence electrons. The van der Waals surface area contributed by atoms with Gasteiger partial charge in [-0.3, -0.25) is 4.79 Å². The van der Waals surface area contributed by atoms with Gasteiger partial charge in [0.2, 0.25) is 5.91 Å². The summed E-state index contributed by atoms with van der Waals surface area (Å²) in [7, 11) is 1.69. The van der Waals surface area contributed by atoms with Crippen molar-refractivity contribution in [1.29, 1.82) is 0 Å². The van der Waals surface area contributed by atoms with E-state index in [1.54, 1.807) is 7.11 Å². The van der Waals surface area contributed by atoms with Crippen molar-refractivity contribution in [3.05, 3.63) is 29.8 Å². The monoisotopic (exact) mass is 293 g/mol. The van der Waals surface area contributed by atoms with Crippen LogP contribution in [0.5, 0.6) is 0 Å². The zero-order valence-corrected chi connectivity index (χ0v) is 13.3. The Morgan fingerprint density at radius 3 is 2.52 bits per heavy atom. The normalized spacial score (nSPS) is 10.9. The van der Waals surface area contributed by atoms with Crippen LogP contribution in [0.4, 0.5) is 5.69 Å². The van der Waals surface area contributed by atoms with Gasteiger partial charge in [-0.25, -0.2) is 0 Å². The predicted octanol–water partition coefficient (Wildman–Crippen LogP) is 1.37. The zero-order valence-electron chi connectivity index (χ0n) is 13.3. The largest absolute Gasteiger partial charge is 0.383 e. The molecule has 0 unspecified atom stereocenters. The van der Waals surface area contributed by atoms with E-state index in [4.69, 9.17) is 10.5 Å². The van der Waals surface area contributed by atoms with Crippen molar-refractivity contribution in [1.82, 2.24) is 5.32 Å². The number of hydrogen-bond acceptors (Lipinski definition) is 4. The number of primary amides is 1. The number of amides is 1. The maximum absolute atomic E-state index is 11.2. The Balaban J connectivity index is 2.61. The minimum absolute atomic E-state index is 0.254. The fraction of sp³-hybridized carbons (Fsp3) is 0.562. The van der Waals surface area contributed by atoms with Gasteiger partial charge >= 0.3 is 0 Å². The molecule has 0 heterocycles. The molecule has 3 N–H and O–H groups in total. The van der Waals surface area contributed by atoms with E-state index in [0.717, 1.165) is 25.3 Å². The van der Waals surface area contributed by atoms with Gasteiger partial charge in [0.25, 0.3) is 0 Å². The number of nitrogens with one attached hydrogen (secondary N) is 1. The molecule has 0 aromatic heterocycles. The van der Waals surface area contributed by atoms with Crippen molar-refractivity contribution in [2.24, 2.45) is 11.7 Å². The maximum atomic E-state index is 11.2. The zero-order chi connectivity index (χ0) is 15.7. The van der Waals surface area contributed by atoms with Crippen LogP contribution in [-0.2, 0) is 16.1 Å². The highest BCUT2D eigenvalue weighted by Crippen LogP contribution is 2.16. The molecule has 1 aromatic carbocycles. The number of methoxy groups -OCH3 is 1. The van der Waals surface area contributed by atoms with E-state index in [2.05, 4.69) is 31.3 Å². The fourth-order valence-corrected chi connectivity index (χ4v) is 2.12. The van der Waals surface area contributed by atoms with Crippen molar-refractivity contribution in [3.8, 4) is 0 Å². The van der Waals surface area contributed by atoms with Gasteiger partial charge in [-0.15, -0.1) is 0 Å². The van der Waals surface area contributed by atoms with Crippen LogP contribution in [-0.4, -0.2) is 39.3 Å². The standard InChI is InChI=1S/C16H27N3O2/c1-13(2)11-19(12-16(17)20)15-6-4-14(5-7-15)10-18-8-9-21-3/h4-7,13,18H,8-12H2,1-3H3,(H2,17,20). The van der Waals surface area contributed by atoms with E-state index in [-0.39, 0.29) is 12.5 Å². The summed E-state index contributed by atoms with van der Waals surface area (Å²) in [6.07, 6.45) is 0. The van der Waals surface area contributed by atoms with Crippen molar-refractivity contribution >= 4 is 11.6 Å². The minimum Gasteiger partial charge on any atom is -0.383 e. The van der Waals surface area contributed by atoms with Gasteiger partial charge in [-0.05, 0) is 23.6 Å². The van der Waals surface area contributed by atoms with Gasteiger partial charge < -0.3 is 20.7 Å². The summed E-state index contributed by atoms with van der Waals surface area (Å²) in [6, 6.07) is 8.23. The lowest BCUT2D eigenvalue weighted by atomic mass is 10.1. The van der Waals surface area contributed by atoms with Crippen molar-refractivity contribution in [3.63, 3.8) is 0 Å². The number of ether oxygens (including phenoxy) is 1. The van der Waals surface area contributed by atoms with Crippen molar-refractivity contribution in [2.45, 2.75) is 20.4 Å². The minimum atomic E-state index is -0.305. The fourth-order valence-electron chi connectivity index (χ4n) is 2.12. The molecule has 0 radical (unpaired) electrons. The van der Waals surface area contributed by atoms with Crippen LogP contribution >= 0.6 is 0 Å². The summed E-state index contributed by atoms with van der Waals surface area (Å²) in [4.78, 5) is 13.2. The molecule has 5 nitrogen and oxygen atoms in total. The Morgan fingerprint density at radius 1 is 1.33 bits per heavy atom. The second kappa shape index (κ2) is 9.37. The molecule has 5 heteroatoms. The highest BCUT2D eigenvalue weighted by Gasteiger charge is 2.11. The van der Waals surface area contributed by atoms with Crippen molar-refractivity contribution < 1.29 is 9.53 Å². The van der Waals surface area contributed by atoms with Gasteiger partial charge in [-0.2, -0.15) is 0 Å². The van der Waals surface area contributed by atoms with Crippen LogP contribution in [0.15, 0.2) is 24.3 Å². The number of hydrogen-bond donors (Lipinski definition) is 2. The van der Waals surface area contributed by atoms with Crippen LogP contribution in [0.2, 0.25) is 0 Å². The van der Waals surface area contributed by atoms with Gasteiger partial charge in [0.1, 0.15) is 0 Å². The molecule has 1 aromatic rings. The Kier molecular flexibility index (Phi) is 7.79. The number of benzene rings is 1. The maximum Gasteiger partial charge on any atom is 0.236 e. The van der Waals surface area contributed by atoms with E-state index in [0.29, 0.717) is 12.5 Å². The number of nitrogens with two attached hydrogens (primary N) is 1. The van der Waals surface area contributed by atoms with Gasteiger partial charge in [0, 0.05) is 32.4 Å². The summed E-state index contributed by atoms with van der Waals surface area (Å²) in [5.74, 6) is 0.167. The molecule has 0 aliphatic carbocycles. The Bertz CT molecular complexity index is 418. The average Bonchev–Trinajstić information content (AvgIpc) is 2.42. The first-order valence-corrected chi connectivity index (χ1v) is 7.34. The lowest BCUT2D eigenvalue weighted by Gasteiger charge is -2.25. The molecule has 0 fully saturated rings. The highest BCUT2D eigenvalue weighted by molar-refractivity contribution is 5.79. The highest BCUT2D eigenvalue weighted by atomic mass is 16.5. The number of anilines is 1. The molecular weight excluding hydrogens is 266 g/mol. The average molecular weight is 293 g/mol. The number of rotatable bonds is 10. The summed E-state index contributed by atoms with van der Waals surface area (Å²) in [5, 5.41) is 3.30. The first-order chi connectivity index (χ1) is 10.0. The quantitative estimate of drug-likeness (QED) is 0.639. The SMILES string of the molecule is COCCNCc1ccc(N(CC(N)=O)CC(C)C)cc1. The smallest absolute Gasteiger partial charge is 0.236 e. The third kappa shape index (κ3) is 7.11. The number of nitrogens with zero attached hydrogens (tertiary/aromatic N) is 1. The number of carbonyl (C=O) groups excluding carboxylic acids is 1. The molecule has 0 aliphatic heterocycles. The van der Waals surface area contributed by atoms with Crippen LogP contribution in [0.25, 0.3) is 0 Å². The van der Waals surface area contributed by atoms with Crippen LogP contribution in [0.3, 0.4) is 0 Å². The van der Waals surface area contributed by atoms with E-state index in [1.165, 1.54) is 5.56 Å². The van der Waals surface area contributed by atoms with E-state index in [1.807, 2.05) is 17.0 Å². The second-order valence-electron chi connectivity index (χ2n) is 5.58. The molecule has 0 atom stereocenters. The summed E-state index contributed by atoms with van der Waals surface area (Å²) in [6.45, 7) is 7.67. The third-order valence-electron chi connectivity index (χ3n) is 3.05. The second-order valence-corrected chi connectivity index (χ2v) is 5.58. The Hall–Kier alpha value is -1.59. The Labute approximate surface area is 127 Å². The van der Waals surface area contributed by atoms with Crippen LogP contribution in [0.1, 0.15) is 19.4 Å². The van der Waals surface area contributed by atoms with Gasteiger partial charge in [0.05, 0.1) is 13.2 Å². The summed E-state index contributed by atoms with van der Waals surface area (Å²) >= 11 is 0. The van der Waals surface area contributed by atoms with E-state index < -0.39 is 0 Å². The molecule has 0 saturated carbocycles. The third-order valence-corrected chi connectivity index (χ3v) is 3.05. The first-order valence-electron chi connectivity index (χ1n) is 7.34. The van der Waals surface area contributed by atoms with E-state index in [9.17, 15) is 4.79 Å². The molecule has 0 spiro atoms. The molecule has 21 heavy (non-hydrogen) atoms. The predicted molar refractivity (Wildman–Crippen MR) is 86.3 cm³/mol. The molecule has 0 saturated heterocycles.